The molecule has 1 saturated heterocycles. The van der Waals surface area contributed by atoms with E-state index >= 15 is 0 Å². The minimum Gasteiger partial charge on any atom is -0.368 e. The second-order valence-electron chi connectivity index (χ2n) is 6.16. The number of piperazine rings is 1. The largest absolute Gasteiger partial charge is 0.368 e. The number of nitrogens with zero attached hydrogens (tertiary/aromatic N) is 1. The van der Waals surface area contributed by atoms with Crippen molar-refractivity contribution in [2.24, 2.45) is 0 Å². The Morgan fingerprint density at radius 1 is 1.00 bits per heavy atom. The summed E-state index contributed by atoms with van der Waals surface area (Å²) < 4.78 is 26.1. The van der Waals surface area contributed by atoms with E-state index in [2.05, 4.69) is 15.2 Å². The zero-order valence-corrected chi connectivity index (χ0v) is 16.1. The number of anilines is 1. The third-order valence-electron chi connectivity index (χ3n) is 4.57. The maximum atomic E-state index is 13.1. The molecule has 0 aliphatic carbocycles. The summed E-state index contributed by atoms with van der Waals surface area (Å²) >= 11 is 12.1. The lowest BCUT2D eigenvalue weighted by molar-refractivity contribution is 0.590. The second kappa shape index (κ2) is 6.78. The zero-order valence-electron chi connectivity index (χ0n) is 13.8. The molecule has 1 fully saturated rings. The molecule has 2 aromatic carbocycles. The molecule has 1 aromatic heterocycles. The molecule has 8 heteroatoms. The predicted octanol–water partition coefficient (Wildman–Crippen LogP) is 3.72. The van der Waals surface area contributed by atoms with Gasteiger partial charge in [0.05, 0.1) is 14.9 Å². The van der Waals surface area contributed by atoms with Crippen LogP contribution in [0, 0.1) is 0 Å². The fourth-order valence-corrected chi connectivity index (χ4v) is 5.27. The first kappa shape index (κ1) is 17.7. The number of halogens is 2. The molecule has 26 heavy (non-hydrogen) atoms. The van der Waals surface area contributed by atoms with Gasteiger partial charge in [-0.2, -0.15) is 0 Å². The SMILES string of the molecule is O=S(=O)(c1cc2c(N3CCNCC3)cccc2[nH]1)c1cccc(Cl)c1Cl. The van der Waals surface area contributed by atoms with Gasteiger partial charge in [-0.1, -0.05) is 35.3 Å². The number of hydrogen-bond donors (Lipinski definition) is 2. The van der Waals surface area contributed by atoms with Crippen LogP contribution in [0.2, 0.25) is 10.0 Å². The molecule has 3 aromatic rings. The van der Waals surface area contributed by atoms with Crippen LogP contribution in [0.3, 0.4) is 0 Å². The Balaban J connectivity index is 1.84. The summed E-state index contributed by atoms with van der Waals surface area (Å²) in [6.45, 7) is 3.58. The molecule has 0 atom stereocenters. The van der Waals surface area contributed by atoms with Crippen molar-refractivity contribution >= 4 is 49.6 Å². The molecule has 2 N–H and O–H groups in total. The van der Waals surface area contributed by atoms with E-state index in [1.807, 2.05) is 18.2 Å². The van der Waals surface area contributed by atoms with E-state index in [1.165, 1.54) is 6.07 Å². The zero-order chi connectivity index (χ0) is 18.3. The van der Waals surface area contributed by atoms with Crippen molar-refractivity contribution in [3.63, 3.8) is 0 Å². The molecular weight excluding hydrogens is 393 g/mol. The maximum absolute atomic E-state index is 13.1. The van der Waals surface area contributed by atoms with Crippen LogP contribution in [-0.4, -0.2) is 39.6 Å². The van der Waals surface area contributed by atoms with Gasteiger partial charge >= 0.3 is 0 Å². The number of H-pyrrole nitrogens is 1. The Hall–Kier alpha value is -1.73. The average molecular weight is 410 g/mol. The average Bonchev–Trinajstić information content (AvgIpc) is 3.10. The number of hydrogen-bond acceptors (Lipinski definition) is 4. The molecule has 0 spiro atoms. The molecule has 1 aliphatic heterocycles. The third kappa shape index (κ3) is 2.97. The summed E-state index contributed by atoms with van der Waals surface area (Å²) in [6, 6.07) is 12.1. The van der Waals surface area contributed by atoms with Crippen LogP contribution in [0.5, 0.6) is 0 Å². The molecule has 2 heterocycles. The highest BCUT2D eigenvalue weighted by Crippen LogP contribution is 2.35. The molecule has 0 radical (unpaired) electrons. The van der Waals surface area contributed by atoms with Crippen LogP contribution in [0.15, 0.2) is 52.4 Å². The lowest BCUT2D eigenvalue weighted by Crippen LogP contribution is -2.43. The third-order valence-corrected chi connectivity index (χ3v) is 7.22. The van der Waals surface area contributed by atoms with E-state index in [9.17, 15) is 8.42 Å². The first-order chi connectivity index (χ1) is 12.5. The Kier molecular flexibility index (Phi) is 4.61. The summed E-state index contributed by atoms with van der Waals surface area (Å²) in [7, 11) is -3.80. The van der Waals surface area contributed by atoms with Crippen LogP contribution in [-0.2, 0) is 9.84 Å². The standard InChI is InChI=1S/C18H17Cl2N3O2S/c19-13-3-1-6-16(18(13)20)26(24,25)17-11-12-14(22-17)4-2-5-15(12)23-9-7-21-8-10-23/h1-6,11,21-22H,7-10H2. The lowest BCUT2D eigenvalue weighted by atomic mass is 10.2. The van der Waals surface area contributed by atoms with Crippen LogP contribution in [0.25, 0.3) is 10.9 Å². The highest BCUT2D eigenvalue weighted by Gasteiger charge is 2.25. The Labute approximate surface area is 161 Å². The Morgan fingerprint density at radius 3 is 2.50 bits per heavy atom. The van der Waals surface area contributed by atoms with E-state index in [-0.39, 0.29) is 20.0 Å². The number of aromatic nitrogens is 1. The topological polar surface area (TPSA) is 65.2 Å². The smallest absolute Gasteiger partial charge is 0.223 e. The van der Waals surface area contributed by atoms with Crippen molar-refractivity contribution in [2.45, 2.75) is 9.92 Å². The Bertz CT molecular complexity index is 1070. The van der Waals surface area contributed by atoms with Gasteiger partial charge in [0.2, 0.25) is 9.84 Å². The van der Waals surface area contributed by atoms with Crippen LogP contribution in [0.1, 0.15) is 0 Å². The first-order valence-corrected chi connectivity index (χ1v) is 10.5. The molecule has 0 amide bonds. The quantitative estimate of drug-likeness (QED) is 0.691. The van der Waals surface area contributed by atoms with E-state index in [0.717, 1.165) is 42.8 Å². The van der Waals surface area contributed by atoms with Crippen molar-refractivity contribution < 1.29 is 8.42 Å². The van der Waals surface area contributed by atoms with E-state index in [1.54, 1.807) is 18.2 Å². The van der Waals surface area contributed by atoms with Gasteiger partial charge in [0.1, 0.15) is 5.03 Å². The first-order valence-electron chi connectivity index (χ1n) is 8.25. The second-order valence-corrected chi connectivity index (χ2v) is 8.84. The van der Waals surface area contributed by atoms with Gasteiger partial charge < -0.3 is 15.2 Å². The van der Waals surface area contributed by atoms with Crippen molar-refractivity contribution in [2.75, 3.05) is 31.1 Å². The monoisotopic (exact) mass is 409 g/mol. The number of fused-ring (bicyclic) bond motifs is 1. The number of aromatic amines is 1. The van der Waals surface area contributed by atoms with E-state index in [4.69, 9.17) is 23.2 Å². The summed E-state index contributed by atoms with van der Waals surface area (Å²) in [5, 5.41) is 4.56. The van der Waals surface area contributed by atoms with Gasteiger partial charge in [-0.15, -0.1) is 0 Å². The fourth-order valence-electron chi connectivity index (χ4n) is 3.25. The summed E-state index contributed by atoms with van der Waals surface area (Å²) in [6.07, 6.45) is 0. The minimum atomic E-state index is -3.80. The van der Waals surface area contributed by atoms with Crippen LogP contribution < -0.4 is 10.2 Å². The molecule has 0 unspecified atom stereocenters. The molecule has 0 saturated carbocycles. The fraction of sp³-hybridized carbons (Fsp3) is 0.222. The summed E-state index contributed by atoms with van der Waals surface area (Å²) in [5.74, 6) is 0. The van der Waals surface area contributed by atoms with Crippen LogP contribution >= 0.6 is 23.2 Å². The number of sulfone groups is 1. The number of rotatable bonds is 3. The van der Waals surface area contributed by atoms with Crippen molar-refractivity contribution in [1.29, 1.82) is 0 Å². The Morgan fingerprint density at radius 2 is 1.73 bits per heavy atom. The summed E-state index contributed by atoms with van der Waals surface area (Å²) in [4.78, 5) is 5.29. The van der Waals surface area contributed by atoms with Crippen molar-refractivity contribution in [3.05, 3.63) is 52.5 Å². The van der Waals surface area contributed by atoms with Crippen molar-refractivity contribution in [3.8, 4) is 0 Å². The molecule has 4 rings (SSSR count). The highest BCUT2D eigenvalue weighted by atomic mass is 35.5. The lowest BCUT2D eigenvalue weighted by Gasteiger charge is -2.30. The van der Waals surface area contributed by atoms with Gasteiger partial charge in [0, 0.05) is 42.8 Å². The minimum absolute atomic E-state index is 0.00180. The van der Waals surface area contributed by atoms with Crippen LogP contribution in [0.4, 0.5) is 5.69 Å². The predicted molar refractivity (Wildman–Crippen MR) is 105 cm³/mol. The van der Waals surface area contributed by atoms with Gasteiger partial charge in [-0.25, -0.2) is 8.42 Å². The van der Waals surface area contributed by atoms with Gasteiger partial charge in [0.25, 0.3) is 0 Å². The molecule has 5 nitrogen and oxygen atoms in total. The number of benzene rings is 2. The van der Waals surface area contributed by atoms with E-state index in [0.29, 0.717) is 0 Å². The molecular formula is C18H17Cl2N3O2S. The normalized spacial score (nSPS) is 15.5. The number of nitrogens with one attached hydrogen (secondary N) is 2. The molecule has 136 valence electrons. The molecule has 1 aliphatic rings. The van der Waals surface area contributed by atoms with E-state index < -0.39 is 9.84 Å². The van der Waals surface area contributed by atoms with Gasteiger partial charge in [0.15, 0.2) is 0 Å². The van der Waals surface area contributed by atoms with Crippen molar-refractivity contribution in [1.82, 2.24) is 10.3 Å². The van der Waals surface area contributed by atoms with Gasteiger partial charge in [-0.3, -0.25) is 0 Å². The molecule has 0 bridgehead atoms. The summed E-state index contributed by atoms with van der Waals surface area (Å²) in [5.41, 5.74) is 1.80. The highest BCUT2D eigenvalue weighted by molar-refractivity contribution is 7.91. The maximum Gasteiger partial charge on any atom is 0.223 e. The van der Waals surface area contributed by atoms with Gasteiger partial charge in [-0.05, 0) is 30.3 Å².